The number of β-amino-alcohol motifs (C(OH)–C–C–N with tert-alkyl or cyclic N) is 1. The van der Waals surface area contributed by atoms with Crippen LogP contribution in [0.2, 0.25) is 0 Å². The number of aliphatic hydroxyl groups excluding tert-OH is 1. The topological polar surface area (TPSA) is 35.9 Å². The van der Waals surface area contributed by atoms with Gasteiger partial charge in [-0.15, -0.1) is 0 Å². The molecule has 1 saturated heterocycles. The van der Waals surface area contributed by atoms with E-state index in [9.17, 15) is 5.11 Å². The van der Waals surface area contributed by atoms with Crippen molar-refractivity contribution >= 4 is 32.3 Å². The van der Waals surface area contributed by atoms with Gasteiger partial charge in [-0.25, -0.2) is 8.78 Å². The Hall–Kier alpha value is -4.36. The number of benzene rings is 6. The summed E-state index contributed by atoms with van der Waals surface area (Å²) in [6.45, 7) is 3.63. The van der Waals surface area contributed by atoms with Crippen LogP contribution in [-0.4, -0.2) is 60.3 Å². The van der Waals surface area contributed by atoms with Crippen LogP contribution in [-0.2, 0) is 0 Å². The van der Waals surface area contributed by atoms with E-state index >= 15 is 8.78 Å². The Morgan fingerprint density at radius 2 is 1.16 bits per heavy atom. The predicted molar refractivity (Wildman–Crippen MR) is 193 cm³/mol. The Kier molecular flexibility index (Phi) is 7.83. The Morgan fingerprint density at radius 3 is 1.86 bits per heavy atom. The number of halogens is 2. The Labute approximate surface area is 285 Å². The largest absolute Gasteiger partial charge is 0.490 e. The fourth-order valence-corrected chi connectivity index (χ4v) is 8.57. The Bertz CT molecular complexity index is 2130. The second-order valence-electron chi connectivity index (χ2n) is 14.0. The number of rotatable bonds is 7. The van der Waals surface area contributed by atoms with Gasteiger partial charge in [0.05, 0.1) is 6.04 Å². The van der Waals surface area contributed by atoms with Crippen LogP contribution in [0.15, 0.2) is 109 Å². The molecule has 2 aliphatic carbocycles. The zero-order valence-electron chi connectivity index (χ0n) is 27.4. The minimum Gasteiger partial charge on any atom is -0.490 e. The normalized spacial score (nSPS) is 22.1. The quantitative estimate of drug-likeness (QED) is 0.174. The summed E-state index contributed by atoms with van der Waals surface area (Å²) in [7, 11) is 0. The summed E-state index contributed by atoms with van der Waals surface area (Å²) in [4.78, 5) is 4.65. The Morgan fingerprint density at radius 1 is 0.612 bits per heavy atom. The smallest absolute Gasteiger partial charge is 0.161 e. The van der Waals surface area contributed by atoms with Crippen LogP contribution in [0.4, 0.5) is 8.78 Å². The molecule has 3 aliphatic rings. The minimum absolute atomic E-state index is 0.184. The number of fused-ring (bicyclic) bond motifs is 8. The molecule has 4 atom stereocenters. The number of aliphatic hydroxyl groups is 1. The monoisotopic (exact) mass is 654 g/mol. The zero-order valence-corrected chi connectivity index (χ0v) is 27.4. The van der Waals surface area contributed by atoms with Crippen LogP contribution in [0.5, 0.6) is 5.75 Å². The van der Waals surface area contributed by atoms with E-state index < -0.39 is 18.4 Å². The van der Waals surface area contributed by atoms with Crippen molar-refractivity contribution in [1.82, 2.24) is 9.80 Å². The SMILES string of the molecule is O[C@H](COc1cccc2c3ccccc3c3ccccc3c12)CN1CCN(C2c3ccccc3C(F)C(F)c3c(C4CC4)cccc32)CC1. The molecule has 0 spiro atoms. The lowest BCUT2D eigenvalue weighted by molar-refractivity contribution is 0.0403. The van der Waals surface area contributed by atoms with Gasteiger partial charge in [0.15, 0.2) is 12.3 Å². The summed E-state index contributed by atoms with van der Waals surface area (Å²) in [5.41, 5.74) is 3.79. The maximum atomic E-state index is 16.1. The highest BCUT2D eigenvalue weighted by molar-refractivity contribution is 6.26. The molecule has 1 heterocycles. The molecule has 9 rings (SSSR count). The summed E-state index contributed by atoms with van der Waals surface area (Å²) < 4.78 is 38.4. The van der Waals surface area contributed by atoms with Gasteiger partial charge in [0, 0.05) is 38.1 Å². The average molecular weight is 655 g/mol. The standard InChI is InChI=1S/C43H40F2N2O2/c44-41-35-13-5-6-14-36(35)43(37-17-7-15-29(27-19-20-27)40(37)42(41)45)47-23-21-46(22-24-47)25-28(48)26-49-38-18-8-16-34-32-10-2-1-9-30(32)31-11-3-4-12-33(31)39(34)38/h1-18,27-28,41-43,48H,19-26H2/t28-,41?,42?,43?/m0/s1. The fraction of sp³-hybridized carbons (Fsp3) is 0.302. The van der Waals surface area contributed by atoms with Crippen molar-refractivity contribution in [3.63, 3.8) is 0 Å². The third kappa shape index (κ3) is 5.38. The van der Waals surface area contributed by atoms with Crippen LogP contribution in [0.25, 0.3) is 32.3 Å². The number of hydrogen-bond donors (Lipinski definition) is 1. The van der Waals surface area contributed by atoms with Gasteiger partial charge in [-0.1, -0.05) is 103 Å². The maximum Gasteiger partial charge on any atom is 0.161 e. The molecule has 0 bridgehead atoms. The molecule has 0 radical (unpaired) electrons. The number of piperazine rings is 1. The third-order valence-corrected chi connectivity index (χ3v) is 11.0. The number of hydrogen-bond acceptors (Lipinski definition) is 4. The van der Waals surface area contributed by atoms with E-state index in [4.69, 9.17) is 4.74 Å². The van der Waals surface area contributed by atoms with Gasteiger partial charge in [-0.05, 0) is 79.6 Å². The molecule has 0 aromatic heterocycles. The average Bonchev–Trinajstić information content (AvgIpc) is 4.01. The predicted octanol–water partition coefficient (Wildman–Crippen LogP) is 9.21. The number of alkyl halides is 2. The van der Waals surface area contributed by atoms with Crippen molar-refractivity contribution in [3.8, 4) is 5.75 Å². The minimum atomic E-state index is -1.69. The van der Waals surface area contributed by atoms with Crippen molar-refractivity contribution in [2.75, 3.05) is 39.3 Å². The molecule has 0 amide bonds. The van der Waals surface area contributed by atoms with Crippen molar-refractivity contribution < 1.29 is 18.6 Å². The van der Waals surface area contributed by atoms with E-state index in [1.165, 1.54) is 16.2 Å². The van der Waals surface area contributed by atoms with E-state index in [0.29, 0.717) is 23.6 Å². The summed E-state index contributed by atoms with van der Waals surface area (Å²) >= 11 is 0. The lowest BCUT2D eigenvalue weighted by atomic mass is 9.89. The lowest BCUT2D eigenvalue weighted by Crippen LogP contribution is -2.50. The van der Waals surface area contributed by atoms with Crippen molar-refractivity contribution in [1.29, 1.82) is 0 Å². The van der Waals surface area contributed by atoms with Gasteiger partial charge in [0.2, 0.25) is 0 Å². The molecular formula is C43H40F2N2O2. The molecule has 3 unspecified atom stereocenters. The van der Waals surface area contributed by atoms with Gasteiger partial charge in [-0.3, -0.25) is 9.80 Å². The molecule has 4 nitrogen and oxygen atoms in total. The molecule has 6 aromatic rings. The highest BCUT2D eigenvalue weighted by Crippen LogP contribution is 2.53. The lowest BCUT2D eigenvalue weighted by Gasteiger charge is -2.40. The van der Waals surface area contributed by atoms with E-state index in [1.807, 2.05) is 48.5 Å². The first-order valence-corrected chi connectivity index (χ1v) is 17.7. The number of ether oxygens (including phenoxy) is 1. The molecule has 248 valence electrons. The van der Waals surface area contributed by atoms with Gasteiger partial charge in [-0.2, -0.15) is 0 Å². The van der Waals surface area contributed by atoms with Crippen molar-refractivity contribution in [2.24, 2.45) is 0 Å². The second-order valence-corrected chi connectivity index (χ2v) is 14.0. The van der Waals surface area contributed by atoms with E-state index in [1.54, 1.807) is 6.07 Å². The van der Waals surface area contributed by atoms with Crippen LogP contribution >= 0.6 is 0 Å². The molecule has 6 heteroatoms. The molecule has 2 fully saturated rings. The molecule has 49 heavy (non-hydrogen) atoms. The van der Waals surface area contributed by atoms with Crippen LogP contribution < -0.4 is 4.74 Å². The van der Waals surface area contributed by atoms with E-state index in [0.717, 1.165) is 77.6 Å². The summed E-state index contributed by atoms with van der Waals surface area (Å²) in [6, 6.07) is 36.4. The molecular weight excluding hydrogens is 614 g/mol. The molecule has 6 aromatic carbocycles. The first-order chi connectivity index (χ1) is 24.1. The maximum absolute atomic E-state index is 16.1. The molecule has 1 saturated carbocycles. The summed E-state index contributed by atoms with van der Waals surface area (Å²) in [6.07, 6.45) is -1.96. The Balaban J connectivity index is 0.928. The third-order valence-electron chi connectivity index (χ3n) is 11.0. The van der Waals surface area contributed by atoms with Crippen molar-refractivity contribution in [3.05, 3.63) is 137 Å². The van der Waals surface area contributed by atoms with Gasteiger partial charge >= 0.3 is 0 Å². The zero-order chi connectivity index (χ0) is 33.1. The van der Waals surface area contributed by atoms with Gasteiger partial charge in [0.1, 0.15) is 18.5 Å². The van der Waals surface area contributed by atoms with Gasteiger partial charge < -0.3 is 9.84 Å². The summed E-state index contributed by atoms with van der Waals surface area (Å²) in [5, 5.41) is 18.2. The summed E-state index contributed by atoms with van der Waals surface area (Å²) in [5.74, 6) is 1.10. The second kappa shape index (κ2) is 12.5. The molecule has 1 N–H and O–H groups in total. The van der Waals surface area contributed by atoms with E-state index in [-0.39, 0.29) is 12.6 Å². The first kappa shape index (κ1) is 30.7. The van der Waals surface area contributed by atoms with Crippen LogP contribution in [0.3, 0.4) is 0 Å². The number of nitrogens with zero attached hydrogens (tertiary/aromatic N) is 2. The van der Waals surface area contributed by atoms with Gasteiger partial charge in [0.25, 0.3) is 0 Å². The fourth-order valence-electron chi connectivity index (χ4n) is 8.57. The highest BCUT2D eigenvalue weighted by atomic mass is 19.2. The van der Waals surface area contributed by atoms with E-state index in [2.05, 4.69) is 64.4 Å². The highest BCUT2D eigenvalue weighted by Gasteiger charge is 2.42. The molecule has 1 aliphatic heterocycles. The van der Waals surface area contributed by atoms with Crippen molar-refractivity contribution in [2.45, 2.75) is 43.2 Å². The van der Waals surface area contributed by atoms with Crippen LogP contribution in [0.1, 0.15) is 65.0 Å². The first-order valence-electron chi connectivity index (χ1n) is 17.7. The van der Waals surface area contributed by atoms with Crippen LogP contribution in [0, 0.1) is 0 Å².